The van der Waals surface area contributed by atoms with Gasteiger partial charge < -0.3 is 9.84 Å². The van der Waals surface area contributed by atoms with Gasteiger partial charge in [0.1, 0.15) is 17.7 Å². The van der Waals surface area contributed by atoms with Crippen LogP contribution in [0.25, 0.3) is 0 Å². The number of rotatable bonds is 9. The third kappa shape index (κ3) is 4.83. The molecule has 2 nitrogen and oxygen atoms in total. The molecule has 0 fully saturated rings. The van der Waals surface area contributed by atoms with Gasteiger partial charge in [0, 0.05) is 0 Å². The summed E-state index contributed by atoms with van der Waals surface area (Å²) in [6.07, 6.45) is -5.42. The van der Waals surface area contributed by atoms with Crippen LogP contribution in [0.3, 0.4) is 0 Å². The van der Waals surface area contributed by atoms with E-state index in [1.54, 1.807) is 0 Å². The van der Waals surface area contributed by atoms with Gasteiger partial charge in [-0.05, 0) is 30.7 Å². The van der Waals surface area contributed by atoms with Crippen molar-refractivity contribution >= 4 is 0 Å². The average Bonchev–Trinajstić information content (AvgIpc) is 2.45. The highest BCUT2D eigenvalue weighted by atomic mass is 19.3. The Hall–Kier alpha value is -1.37. The van der Waals surface area contributed by atoms with Crippen molar-refractivity contribution in [1.82, 2.24) is 0 Å². The van der Waals surface area contributed by atoms with E-state index in [0.29, 0.717) is 6.42 Å². The molecule has 0 heterocycles. The Morgan fingerprint density at radius 3 is 2.18 bits per heavy atom. The molecule has 0 saturated carbocycles. The minimum Gasteiger partial charge on any atom is -0.428 e. The number of alkyl halides is 4. The first-order valence-corrected chi connectivity index (χ1v) is 7.09. The van der Waals surface area contributed by atoms with Crippen LogP contribution in [0.2, 0.25) is 0 Å². The summed E-state index contributed by atoms with van der Waals surface area (Å²) in [6, 6.07) is 3.25. The van der Waals surface area contributed by atoms with Crippen LogP contribution >= 0.6 is 0 Å². The van der Waals surface area contributed by atoms with E-state index in [9.17, 15) is 27.1 Å². The summed E-state index contributed by atoms with van der Waals surface area (Å²) in [5.74, 6) is -6.06. The van der Waals surface area contributed by atoms with E-state index in [1.165, 1.54) is 0 Å². The SMILES string of the molecule is CCCCCCC(O)C(F)(F)C(F)(F)Oc1ccc(F)cc1. The zero-order chi connectivity index (χ0) is 16.8. The molecule has 1 rings (SSSR count). The van der Waals surface area contributed by atoms with Crippen LogP contribution in [-0.4, -0.2) is 23.2 Å². The summed E-state index contributed by atoms with van der Waals surface area (Å²) >= 11 is 0. The van der Waals surface area contributed by atoms with E-state index >= 15 is 0 Å². The topological polar surface area (TPSA) is 29.5 Å². The second-order valence-corrected chi connectivity index (χ2v) is 5.06. The first-order chi connectivity index (χ1) is 10.2. The van der Waals surface area contributed by atoms with Gasteiger partial charge >= 0.3 is 12.0 Å². The lowest BCUT2D eigenvalue weighted by molar-refractivity contribution is -0.336. The minimum atomic E-state index is -4.89. The lowest BCUT2D eigenvalue weighted by atomic mass is 10.0. The molecule has 1 aromatic rings. The van der Waals surface area contributed by atoms with E-state index in [2.05, 4.69) is 4.74 Å². The lowest BCUT2D eigenvalue weighted by Gasteiger charge is -2.30. The van der Waals surface area contributed by atoms with Gasteiger partial charge in [-0.1, -0.05) is 32.6 Å². The van der Waals surface area contributed by atoms with E-state index in [4.69, 9.17) is 0 Å². The highest BCUT2D eigenvalue weighted by molar-refractivity contribution is 5.22. The molecule has 0 saturated heterocycles. The number of ether oxygens (including phenoxy) is 1. The van der Waals surface area contributed by atoms with E-state index < -0.39 is 36.1 Å². The highest BCUT2D eigenvalue weighted by Gasteiger charge is 2.63. The maximum Gasteiger partial charge on any atom is 0.467 e. The van der Waals surface area contributed by atoms with Crippen molar-refractivity contribution in [3.63, 3.8) is 0 Å². The van der Waals surface area contributed by atoms with Crippen LogP contribution in [-0.2, 0) is 0 Å². The molecule has 0 bridgehead atoms. The van der Waals surface area contributed by atoms with Gasteiger partial charge in [-0.15, -0.1) is 0 Å². The summed E-state index contributed by atoms with van der Waals surface area (Å²) in [5.41, 5.74) is 0. The van der Waals surface area contributed by atoms with Crippen LogP contribution < -0.4 is 4.74 Å². The van der Waals surface area contributed by atoms with E-state index in [1.807, 2.05) is 6.92 Å². The molecule has 0 aliphatic rings. The standard InChI is InChI=1S/C15H19F5O2/c1-2-3-4-5-6-13(21)14(17,18)15(19,20)22-12-9-7-11(16)8-10-12/h7-10,13,21H,2-6H2,1H3. The molecule has 0 amide bonds. The van der Waals surface area contributed by atoms with Crippen molar-refractivity contribution in [2.45, 2.75) is 57.2 Å². The number of aliphatic hydroxyl groups is 1. The maximum absolute atomic E-state index is 13.7. The fourth-order valence-corrected chi connectivity index (χ4v) is 1.86. The Labute approximate surface area is 125 Å². The highest BCUT2D eigenvalue weighted by Crippen LogP contribution is 2.40. The molecule has 0 spiro atoms. The van der Waals surface area contributed by atoms with Gasteiger partial charge in [-0.2, -0.15) is 17.6 Å². The number of aliphatic hydroxyl groups excluding tert-OH is 1. The second-order valence-electron chi connectivity index (χ2n) is 5.06. The van der Waals surface area contributed by atoms with Gasteiger partial charge in [0.05, 0.1) is 0 Å². The van der Waals surface area contributed by atoms with E-state index in [-0.39, 0.29) is 6.42 Å². The van der Waals surface area contributed by atoms with Crippen molar-refractivity contribution in [2.24, 2.45) is 0 Å². The number of unbranched alkanes of at least 4 members (excludes halogenated alkanes) is 3. The second kappa shape index (κ2) is 7.76. The molecule has 0 radical (unpaired) electrons. The van der Waals surface area contributed by atoms with Crippen LogP contribution in [0.5, 0.6) is 5.75 Å². The number of halogens is 5. The average molecular weight is 326 g/mol. The normalized spacial score (nSPS) is 14.0. The maximum atomic E-state index is 13.7. The lowest BCUT2D eigenvalue weighted by Crippen LogP contribution is -2.53. The Bertz CT molecular complexity index is 448. The molecule has 1 aromatic carbocycles. The third-order valence-corrected chi connectivity index (χ3v) is 3.20. The summed E-state index contributed by atoms with van der Waals surface area (Å²) in [5, 5.41) is 9.36. The molecule has 1 atom stereocenters. The monoisotopic (exact) mass is 326 g/mol. The van der Waals surface area contributed by atoms with Crippen molar-refractivity contribution < 1.29 is 31.8 Å². The summed E-state index contributed by atoms with van der Waals surface area (Å²) in [4.78, 5) is 0. The summed E-state index contributed by atoms with van der Waals surface area (Å²) in [6.45, 7) is 1.91. The van der Waals surface area contributed by atoms with Gasteiger partial charge in [0.25, 0.3) is 0 Å². The molecule has 1 N–H and O–H groups in total. The fourth-order valence-electron chi connectivity index (χ4n) is 1.86. The van der Waals surface area contributed by atoms with Crippen molar-refractivity contribution in [3.8, 4) is 5.75 Å². The third-order valence-electron chi connectivity index (χ3n) is 3.20. The van der Waals surface area contributed by atoms with Gasteiger partial charge in [0.15, 0.2) is 0 Å². The van der Waals surface area contributed by atoms with Crippen LogP contribution in [0.1, 0.15) is 39.0 Å². The molecule has 126 valence electrons. The molecule has 0 aromatic heterocycles. The Balaban J connectivity index is 2.68. The van der Waals surface area contributed by atoms with Gasteiger partial charge in [-0.3, -0.25) is 0 Å². The van der Waals surface area contributed by atoms with Gasteiger partial charge in [0.2, 0.25) is 0 Å². The number of hydrogen-bond acceptors (Lipinski definition) is 2. The molecule has 22 heavy (non-hydrogen) atoms. The molecular formula is C15H19F5O2. The van der Waals surface area contributed by atoms with Crippen LogP contribution in [0.4, 0.5) is 22.0 Å². The molecule has 7 heteroatoms. The zero-order valence-electron chi connectivity index (χ0n) is 12.2. The Morgan fingerprint density at radius 1 is 1.05 bits per heavy atom. The summed E-state index contributed by atoms with van der Waals surface area (Å²) in [7, 11) is 0. The zero-order valence-corrected chi connectivity index (χ0v) is 12.2. The Morgan fingerprint density at radius 2 is 1.64 bits per heavy atom. The predicted molar refractivity (Wildman–Crippen MR) is 71.7 cm³/mol. The fraction of sp³-hybridized carbons (Fsp3) is 0.600. The first kappa shape index (κ1) is 18.7. The van der Waals surface area contributed by atoms with Crippen molar-refractivity contribution in [3.05, 3.63) is 30.1 Å². The smallest absolute Gasteiger partial charge is 0.428 e. The summed E-state index contributed by atoms with van der Waals surface area (Å²) < 4.78 is 71.1. The van der Waals surface area contributed by atoms with Crippen molar-refractivity contribution in [1.29, 1.82) is 0 Å². The molecular weight excluding hydrogens is 307 g/mol. The Kier molecular flexibility index (Phi) is 6.59. The first-order valence-electron chi connectivity index (χ1n) is 7.09. The minimum absolute atomic E-state index is 0.219. The predicted octanol–water partition coefficient (Wildman–Crippen LogP) is 4.76. The van der Waals surface area contributed by atoms with Gasteiger partial charge in [-0.25, -0.2) is 4.39 Å². The van der Waals surface area contributed by atoms with Crippen molar-refractivity contribution in [2.75, 3.05) is 0 Å². The quantitative estimate of drug-likeness (QED) is 0.523. The van der Waals surface area contributed by atoms with E-state index in [0.717, 1.165) is 37.1 Å². The number of hydrogen-bond donors (Lipinski definition) is 1. The molecule has 0 aliphatic carbocycles. The largest absolute Gasteiger partial charge is 0.467 e. The number of benzene rings is 1. The molecule has 0 aliphatic heterocycles. The molecule has 1 unspecified atom stereocenters. The van der Waals surface area contributed by atoms with Crippen LogP contribution in [0, 0.1) is 5.82 Å². The van der Waals surface area contributed by atoms with Crippen LogP contribution in [0.15, 0.2) is 24.3 Å².